The number of carbonyl (C=O) groups is 1. The topological polar surface area (TPSA) is 51.2 Å². The number of unbranched alkanes of at least 4 members (excludes halogenated alkanes) is 1. The Kier molecular flexibility index (Phi) is 5.13. The Morgan fingerprint density at radius 1 is 1.39 bits per heavy atom. The minimum Gasteiger partial charge on any atom is -0.444 e. The van der Waals surface area contributed by atoms with Gasteiger partial charge in [0.05, 0.1) is 0 Å². The van der Waals surface area contributed by atoms with Crippen LogP contribution in [0.2, 0.25) is 0 Å². The molecule has 0 aliphatic rings. The molecular weight excluding hydrogens is 228 g/mol. The summed E-state index contributed by atoms with van der Waals surface area (Å²) in [6.45, 7) is 7.64. The number of aryl methyl sites for hydroxylation is 1. The van der Waals surface area contributed by atoms with E-state index in [1.165, 1.54) is 5.56 Å². The van der Waals surface area contributed by atoms with Crippen LogP contribution >= 0.6 is 0 Å². The summed E-state index contributed by atoms with van der Waals surface area (Å²) >= 11 is 0. The summed E-state index contributed by atoms with van der Waals surface area (Å²) in [6.07, 6.45) is 4.66. The molecule has 1 heterocycles. The SMILES string of the molecule is CCCCc1ccc(NC(=O)OC(C)(C)C)nc1. The molecule has 0 aromatic carbocycles. The largest absolute Gasteiger partial charge is 0.444 e. The molecule has 0 saturated carbocycles. The molecule has 0 bridgehead atoms. The maximum absolute atomic E-state index is 11.5. The molecule has 100 valence electrons. The fourth-order valence-electron chi connectivity index (χ4n) is 1.44. The van der Waals surface area contributed by atoms with Gasteiger partial charge in [0.1, 0.15) is 11.4 Å². The first-order chi connectivity index (χ1) is 8.40. The van der Waals surface area contributed by atoms with E-state index in [9.17, 15) is 4.79 Å². The number of amides is 1. The molecule has 1 N–H and O–H groups in total. The Balaban J connectivity index is 2.50. The zero-order valence-electron chi connectivity index (χ0n) is 11.6. The van der Waals surface area contributed by atoms with Gasteiger partial charge in [-0.15, -0.1) is 0 Å². The highest BCUT2D eigenvalue weighted by Gasteiger charge is 2.16. The average Bonchev–Trinajstić information content (AvgIpc) is 2.25. The van der Waals surface area contributed by atoms with Crippen LogP contribution in [-0.4, -0.2) is 16.7 Å². The van der Waals surface area contributed by atoms with E-state index in [2.05, 4.69) is 17.2 Å². The fourth-order valence-corrected chi connectivity index (χ4v) is 1.44. The maximum atomic E-state index is 11.5. The van der Waals surface area contributed by atoms with Gasteiger partial charge in [-0.3, -0.25) is 5.32 Å². The first kappa shape index (κ1) is 14.5. The normalized spacial score (nSPS) is 11.1. The zero-order chi connectivity index (χ0) is 13.6. The molecule has 4 heteroatoms. The van der Waals surface area contributed by atoms with Crippen molar-refractivity contribution in [3.63, 3.8) is 0 Å². The van der Waals surface area contributed by atoms with Gasteiger partial charge >= 0.3 is 6.09 Å². The zero-order valence-corrected chi connectivity index (χ0v) is 11.6. The van der Waals surface area contributed by atoms with Crippen molar-refractivity contribution in [3.05, 3.63) is 23.9 Å². The Morgan fingerprint density at radius 2 is 2.11 bits per heavy atom. The van der Waals surface area contributed by atoms with Gasteiger partial charge < -0.3 is 4.74 Å². The van der Waals surface area contributed by atoms with Crippen LogP contribution in [0.4, 0.5) is 10.6 Å². The lowest BCUT2D eigenvalue weighted by atomic mass is 10.1. The summed E-state index contributed by atoms with van der Waals surface area (Å²) in [5.41, 5.74) is 0.692. The Hall–Kier alpha value is -1.58. The molecule has 0 aliphatic heterocycles. The molecule has 0 radical (unpaired) electrons. The predicted octanol–water partition coefficient (Wildman–Crippen LogP) is 3.77. The number of hydrogen-bond donors (Lipinski definition) is 1. The monoisotopic (exact) mass is 250 g/mol. The van der Waals surface area contributed by atoms with Crippen molar-refractivity contribution in [2.24, 2.45) is 0 Å². The van der Waals surface area contributed by atoms with E-state index < -0.39 is 11.7 Å². The Morgan fingerprint density at radius 3 is 2.61 bits per heavy atom. The molecule has 1 rings (SSSR count). The molecule has 0 unspecified atom stereocenters. The lowest BCUT2D eigenvalue weighted by Crippen LogP contribution is -2.27. The summed E-state index contributed by atoms with van der Waals surface area (Å²) in [6, 6.07) is 3.78. The van der Waals surface area contributed by atoms with Gasteiger partial charge in [-0.05, 0) is 45.2 Å². The standard InChI is InChI=1S/C14H22N2O2/c1-5-6-7-11-8-9-12(15-10-11)16-13(17)18-14(2,3)4/h8-10H,5-7H2,1-4H3,(H,15,16,17). The molecule has 4 nitrogen and oxygen atoms in total. The Bertz CT molecular complexity index is 380. The number of ether oxygens (including phenoxy) is 1. The van der Waals surface area contributed by atoms with Crippen LogP contribution in [0.5, 0.6) is 0 Å². The molecule has 1 amide bonds. The van der Waals surface area contributed by atoms with Gasteiger partial charge in [-0.1, -0.05) is 19.4 Å². The Labute approximate surface area is 109 Å². The molecule has 0 fully saturated rings. The van der Waals surface area contributed by atoms with Crippen LogP contribution in [-0.2, 0) is 11.2 Å². The molecule has 0 spiro atoms. The lowest BCUT2D eigenvalue weighted by molar-refractivity contribution is 0.0635. The van der Waals surface area contributed by atoms with Crippen molar-refractivity contribution in [2.45, 2.75) is 52.6 Å². The molecular formula is C14H22N2O2. The van der Waals surface area contributed by atoms with E-state index in [-0.39, 0.29) is 0 Å². The number of hydrogen-bond acceptors (Lipinski definition) is 3. The van der Waals surface area contributed by atoms with Crippen molar-refractivity contribution in [2.75, 3.05) is 5.32 Å². The third-order valence-electron chi connectivity index (χ3n) is 2.27. The predicted molar refractivity (Wildman–Crippen MR) is 72.7 cm³/mol. The minimum atomic E-state index is -0.495. The summed E-state index contributed by atoms with van der Waals surface area (Å²) in [4.78, 5) is 15.7. The summed E-state index contributed by atoms with van der Waals surface area (Å²) in [5, 5.41) is 2.61. The summed E-state index contributed by atoms with van der Waals surface area (Å²) in [5.74, 6) is 0.518. The second kappa shape index (κ2) is 6.38. The van der Waals surface area contributed by atoms with Gasteiger partial charge in [0.15, 0.2) is 0 Å². The fraction of sp³-hybridized carbons (Fsp3) is 0.571. The number of rotatable bonds is 4. The van der Waals surface area contributed by atoms with Crippen molar-refractivity contribution >= 4 is 11.9 Å². The van der Waals surface area contributed by atoms with Crippen molar-refractivity contribution in [1.29, 1.82) is 0 Å². The number of anilines is 1. The van der Waals surface area contributed by atoms with E-state index in [0.29, 0.717) is 5.82 Å². The first-order valence-electron chi connectivity index (χ1n) is 6.35. The number of aromatic nitrogens is 1. The second-order valence-electron chi connectivity index (χ2n) is 5.28. The van der Waals surface area contributed by atoms with E-state index >= 15 is 0 Å². The van der Waals surface area contributed by atoms with Crippen molar-refractivity contribution < 1.29 is 9.53 Å². The highest BCUT2D eigenvalue weighted by molar-refractivity contribution is 5.83. The summed E-state index contributed by atoms with van der Waals surface area (Å²) in [7, 11) is 0. The van der Waals surface area contributed by atoms with Crippen LogP contribution in [0.1, 0.15) is 46.1 Å². The number of nitrogens with one attached hydrogen (secondary N) is 1. The third kappa shape index (κ3) is 5.66. The van der Waals surface area contributed by atoms with Crippen LogP contribution in [0.15, 0.2) is 18.3 Å². The van der Waals surface area contributed by atoms with Gasteiger partial charge in [0.25, 0.3) is 0 Å². The van der Waals surface area contributed by atoms with Crippen LogP contribution in [0, 0.1) is 0 Å². The minimum absolute atomic E-state index is 0.476. The van der Waals surface area contributed by atoms with Crippen LogP contribution in [0.3, 0.4) is 0 Å². The molecule has 1 aromatic rings. The second-order valence-corrected chi connectivity index (χ2v) is 5.28. The first-order valence-corrected chi connectivity index (χ1v) is 6.35. The van der Waals surface area contributed by atoms with Crippen molar-refractivity contribution in [1.82, 2.24) is 4.98 Å². The quantitative estimate of drug-likeness (QED) is 0.885. The molecule has 0 atom stereocenters. The van der Waals surface area contributed by atoms with E-state index in [4.69, 9.17) is 4.74 Å². The smallest absolute Gasteiger partial charge is 0.413 e. The third-order valence-corrected chi connectivity index (χ3v) is 2.27. The van der Waals surface area contributed by atoms with Gasteiger partial charge in [-0.25, -0.2) is 9.78 Å². The van der Waals surface area contributed by atoms with E-state index in [1.54, 1.807) is 12.3 Å². The van der Waals surface area contributed by atoms with E-state index in [0.717, 1.165) is 19.3 Å². The van der Waals surface area contributed by atoms with Gasteiger partial charge in [-0.2, -0.15) is 0 Å². The highest BCUT2D eigenvalue weighted by Crippen LogP contribution is 2.11. The van der Waals surface area contributed by atoms with Gasteiger partial charge in [0.2, 0.25) is 0 Å². The average molecular weight is 250 g/mol. The van der Waals surface area contributed by atoms with Crippen molar-refractivity contribution in [3.8, 4) is 0 Å². The van der Waals surface area contributed by atoms with Crippen LogP contribution < -0.4 is 5.32 Å². The van der Waals surface area contributed by atoms with Crippen LogP contribution in [0.25, 0.3) is 0 Å². The molecule has 0 aliphatic carbocycles. The molecule has 0 saturated heterocycles. The number of carbonyl (C=O) groups excluding carboxylic acids is 1. The molecule has 1 aromatic heterocycles. The van der Waals surface area contributed by atoms with E-state index in [1.807, 2.05) is 26.8 Å². The number of nitrogens with zero attached hydrogens (tertiary/aromatic N) is 1. The molecule has 18 heavy (non-hydrogen) atoms. The maximum Gasteiger partial charge on any atom is 0.413 e. The summed E-state index contributed by atoms with van der Waals surface area (Å²) < 4.78 is 5.15. The lowest BCUT2D eigenvalue weighted by Gasteiger charge is -2.19. The number of pyridine rings is 1. The van der Waals surface area contributed by atoms with Gasteiger partial charge in [0, 0.05) is 6.20 Å². The highest BCUT2D eigenvalue weighted by atomic mass is 16.6.